The van der Waals surface area contributed by atoms with E-state index in [9.17, 15) is 0 Å². The van der Waals surface area contributed by atoms with Gasteiger partial charge in [0.1, 0.15) is 5.03 Å². The normalized spacial score (nSPS) is 25.9. The quantitative estimate of drug-likeness (QED) is 0.762. The molecule has 21 heavy (non-hydrogen) atoms. The number of hydrogen-bond donors (Lipinski definition) is 0. The highest BCUT2D eigenvalue weighted by molar-refractivity contribution is 7.98. The lowest BCUT2D eigenvalue weighted by Crippen LogP contribution is -2.55. The lowest BCUT2D eigenvalue weighted by Gasteiger charge is -2.61. The van der Waals surface area contributed by atoms with Crippen LogP contribution < -0.4 is 4.74 Å². The number of ether oxygens (including phenoxy) is 1. The van der Waals surface area contributed by atoms with Gasteiger partial charge in [-0.1, -0.05) is 42.1 Å². The molecule has 3 saturated carbocycles. The Labute approximate surface area is 129 Å². The van der Waals surface area contributed by atoms with Gasteiger partial charge in [-0.15, -0.1) is 0 Å². The van der Waals surface area contributed by atoms with Gasteiger partial charge in [-0.05, 0) is 42.9 Å². The van der Waals surface area contributed by atoms with Gasteiger partial charge in [-0.3, -0.25) is 0 Å². The fraction of sp³-hybridized carbons (Fsp3) is 0.389. The second-order valence-electron chi connectivity index (χ2n) is 6.24. The van der Waals surface area contributed by atoms with Crippen LogP contribution in [0.4, 0.5) is 0 Å². The number of aromatic nitrogens is 1. The first-order valence-electron chi connectivity index (χ1n) is 7.51. The van der Waals surface area contributed by atoms with Crippen LogP contribution in [0.3, 0.4) is 0 Å². The number of nitrogens with zero attached hydrogens (tertiary/aromatic N) is 1. The topological polar surface area (TPSA) is 22.1 Å². The molecule has 3 fully saturated rings. The molecule has 2 bridgehead atoms. The molecule has 0 amide bonds. The Morgan fingerprint density at radius 2 is 1.90 bits per heavy atom. The molecule has 0 radical (unpaired) electrons. The molecule has 0 atom stereocenters. The van der Waals surface area contributed by atoms with Gasteiger partial charge in [-0.2, -0.15) is 0 Å². The van der Waals surface area contributed by atoms with Crippen molar-refractivity contribution in [1.82, 2.24) is 4.98 Å². The van der Waals surface area contributed by atoms with Crippen LogP contribution in [-0.2, 0) is 11.2 Å². The van der Waals surface area contributed by atoms with Crippen molar-refractivity contribution in [1.29, 1.82) is 0 Å². The smallest absolute Gasteiger partial charge is 0.151 e. The van der Waals surface area contributed by atoms with Gasteiger partial charge in [0.25, 0.3) is 0 Å². The second kappa shape index (κ2) is 5.06. The largest absolute Gasteiger partial charge is 0.494 e. The molecule has 108 valence electrons. The van der Waals surface area contributed by atoms with Crippen LogP contribution >= 0.6 is 11.8 Å². The van der Waals surface area contributed by atoms with E-state index in [2.05, 4.69) is 42.5 Å². The van der Waals surface area contributed by atoms with Crippen LogP contribution in [0.5, 0.6) is 5.75 Å². The summed E-state index contributed by atoms with van der Waals surface area (Å²) in [5, 5.41) is 1.03. The summed E-state index contributed by atoms with van der Waals surface area (Å²) in [6.07, 6.45) is 4.03. The molecule has 1 heterocycles. The van der Waals surface area contributed by atoms with Crippen LogP contribution in [0.1, 0.15) is 30.5 Å². The minimum absolute atomic E-state index is 0.416. The number of hydrogen-bond acceptors (Lipinski definition) is 3. The monoisotopic (exact) mass is 297 g/mol. The summed E-state index contributed by atoms with van der Waals surface area (Å²) in [6, 6.07) is 14.8. The van der Waals surface area contributed by atoms with Gasteiger partial charge < -0.3 is 4.74 Å². The molecule has 0 aliphatic heterocycles. The molecular formula is C18H19NOS. The van der Waals surface area contributed by atoms with Gasteiger partial charge >= 0.3 is 0 Å². The van der Waals surface area contributed by atoms with Gasteiger partial charge in [0.2, 0.25) is 0 Å². The van der Waals surface area contributed by atoms with Gasteiger partial charge in [-0.25, -0.2) is 4.98 Å². The number of thioether (sulfide) groups is 1. The van der Waals surface area contributed by atoms with E-state index in [0.29, 0.717) is 5.41 Å². The van der Waals surface area contributed by atoms with Gasteiger partial charge in [0.05, 0.1) is 7.11 Å². The Hall–Kier alpha value is -1.48. The lowest BCUT2D eigenvalue weighted by molar-refractivity contribution is -0.0313. The Kier molecular flexibility index (Phi) is 3.18. The maximum absolute atomic E-state index is 5.48. The Balaban J connectivity index is 1.56. The molecule has 0 saturated heterocycles. The highest BCUT2D eigenvalue weighted by Crippen LogP contribution is 2.64. The summed E-state index contributed by atoms with van der Waals surface area (Å²) in [4.78, 5) is 4.93. The first-order valence-corrected chi connectivity index (χ1v) is 8.50. The summed E-state index contributed by atoms with van der Waals surface area (Å²) < 4.78 is 5.48. The van der Waals surface area contributed by atoms with E-state index in [1.807, 2.05) is 0 Å². The fourth-order valence-corrected chi connectivity index (χ4v) is 4.45. The molecule has 1 aromatic carbocycles. The lowest BCUT2D eigenvalue weighted by atomic mass is 9.43. The molecule has 0 unspecified atom stereocenters. The average molecular weight is 297 g/mol. The highest BCUT2D eigenvalue weighted by Gasteiger charge is 2.58. The molecule has 3 heteroatoms. The minimum atomic E-state index is 0.416. The average Bonchev–Trinajstić information content (AvgIpc) is 2.43. The molecule has 1 aromatic heterocycles. The first-order chi connectivity index (χ1) is 10.3. The first kappa shape index (κ1) is 13.2. The zero-order chi connectivity index (χ0) is 14.3. The predicted molar refractivity (Wildman–Crippen MR) is 85.8 cm³/mol. The predicted octanol–water partition coefficient (Wildman–Crippen LogP) is 4.43. The van der Waals surface area contributed by atoms with Crippen molar-refractivity contribution in [2.24, 2.45) is 5.92 Å². The van der Waals surface area contributed by atoms with E-state index in [0.717, 1.165) is 22.4 Å². The molecule has 2 nitrogen and oxygen atoms in total. The summed E-state index contributed by atoms with van der Waals surface area (Å²) >= 11 is 1.77. The third kappa shape index (κ3) is 2.24. The molecule has 0 N–H and O–H groups in total. The van der Waals surface area contributed by atoms with E-state index < -0.39 is 0 Å². The third-order valence-corrected chi connectivity index (χ3v) is 5.89. The summed E-state index contributed by atoms with van der Waals surface area (Å²) in [7, 11) is 1.73. The van der Waals surface area contributed by atoms with Crippen LogP contribution in [0.15, 0.2) is 47.5 Å². The number of pyridine rings is 1. The van der Waals surface area contributed by atoms with Crippen molar-refractivity contribution in [2.45, 2.75) is 35.5 Å². The molecule has 3 aliphatic rings. The van der Waals surface area contributed by atoms with Crippen molar-refractivity contribution < 1.29 is 4.74 Å². The van der Waals surface area contributed by atoms with E-state index in [1.54, 1.807) is 18.9 Å². The fourth-order valence-electron chi connectivity index (χ4n) is 3.50. The molecule has 3 aliphatic carbocycles. The SMILES string of the molecule is COc1ccc(C23CC(C2)C3)nc1SCc1ccccc1. The molecule has 2 aromatic rings. The van der Waals surface area contributed by atoms with Crippen LogP contribution in [-0.4, -0.2) is 12.1 Å². The summed E-state index contributed by atoms with van der Waals surface area (Å²) in [5.74, 6) is 2.81. The molecule has 5 rings (SSSR count). The van der Waals surface area contributed by atoms with Crippen LogP contribution in [0, 0.1) is 5.92 Å². The van der Waals surface area contributed by atoms with E-state index in [4.69, 9.17) is 9.72 Å². The highest BCUT2D eigenvalue weighted by atomic mass is 32.2. The number of methoxy groups -OCH3 is 1. The van der Waals surface area contributed by atoms with E-state index in [-0.39, 0.29) is 0 Å². The van der Waals surface area contributed by atoms with Crippen molar-refractivity contribution in [2.75, 3.05) is 7.11 Å². The van der Waals surface area contributed by atoms with Crippen molar-refractivity contribution >= 4 is 11.8 Å². The van der Waals surface area contributed by atoms with Gasteiger partial charge in [0, 0.05) is 16.9 Å². The standard InChI is InChI=1S/C18H19NOS/c1-20-15-7-8-16(18-9-14(10-18)11-18)19-17(15)21-12-13-5-3-2-4-6-13/h2-8,14H,9-12H2,1H3. The van der Waals surface area contributed by atoms with Crippen molar-refractivity contribution in [3.63, 3.8) is 0 Å². The van der Waals surface area contributed by atoms with Crippen molar-refractivity contribution in [3.8, 4) is 5.75 Å². The van der Waals surface area contributed by atoms with Crippen LogP contribution in [0.2, 0.25) is 0 Å². The third-order valence-electron chi connectivity index (χ3n) is 4.85. The zero-order valence-corrected chi connectivity index (χ0v) is 13.0. The van der Waals surface area contributed by atoms with Crippen LogP contribution in [0.25, 0.3) is 0 Å². The minimum Gasteiger partial charge on any atom is -0.494 e. The van der Waals surface area contributed by atoms with Gasteiger partial charge in [0.15, 0.2) is 5.75 Å². The van der Waals surface area contributed by atoms with E-state index >= 15 is 0 Å². The zero-order valence-electron chi connectivity index (χ0n) is 12.2. The Morgan fingerprint density at radius 1 is 1.14 bits per heavy atom. The summed E-state index contributed by atoms with van der Waals surface area (Å²) in [6.45, 7) is 0. The van der Waals surface area contributed by atoms with Crippen molar-refractivity contribution in [3.05, 3.63) is 53.7 Å². The molecule has 0 spiro atoms. The Bertz CT molecular complexity index is 639. The maximum Gasteiger partial charge on any atom is 0.151 e. The molecular weight excluding hydrogens is 278 g/mol. The second-order valence-corrected chi connectivity index (χ2v) is 7.20. The Morgan fingerprint density at radius 3 is 2.52 bits per heavy atom. The summed E-state index contributed by atoms with van der Waals surface area (Å²) in [5.41, 5.74) is 3.02. The number of benzene rings is 1. The van der Waals surface area contributed by atoms with E-state index in [1.165, 1.54) is 30.5 Å². The maximum atomic E-state index is 5.48. The number of rotatable bonds is 5.